The molecule has 0 aliphatic carbocycles. The van der Waals surface area contributed by atoms with Crippen LogP contribution in [0.5, 0.6) is 5.75 Å². The lowest BCUT2D eigenvalue weighted by Crippen LogP contribution is -2.30. The van der Waals surface area contributed by atoms with Crippen molar-refractivity contribution in [1.29, 1.82) is 0 Å². The topological polar surface area (TPSA) is 93.5 Å². The second-order valence-corrected chi connectivity index (χ2v) is 9.46. The molecule has 3 rings (SSSR count). The lowest BCUT2D eigenvalue weighted by atomic mass is 10.2. The van der Waals surface area contributed by atoms with E-state index in [9.17, 15) is 13.2 Å². The van der Waals surface area contributed by atoms with E-state index in [1.807, 2.05) is 55.7 Å². The normalized spacial score (nSPS) is 11.8. The molecule has 33 heavy (non-hydrogen) atoms. The fourth-order valence-corrected chi connectivity index (χ4v) is 5.24. The standard InChI is InChI=1S/C24H32N4O4S/c1-4-27(5-2)33(30,31)20-12-13-22-21(18-20)26-23(28(22)6-3)14-15-24(29)25-16-17-32-19-10-8-7-9-11-19/h7-13,18H,4-6,14-17H2,1-3H3,(H,25,29). The molecule has 1 heterocycles. The Morgan fingerprint density at radius 3 is 2.48 bits per heavy atom. The Hall–Kier alpha value is -2.91. The Morgan fingerprint density at radius 2 is 1.82 bits per heavy atom. The molecule has 0 aliphatic heterocycles. The summed E-state index contributed by atoms with van der Waals surface area (Å²) in [6, 6.07) is 14.5. The van der Waals surface area contributed by atoms with Crippen LogP contribution in [0.3, 0.4) is 0 Å². The van der Waals surface area contributed by atoms with Crippen LogP contribution in [0.1, 0.15) is 33.0 Å². The van der Waals surface area contributed by atoms with Gasteiger partial charge in [-0.05, 0) is 37.3 Å². The van der Waals surface area contributed by atoms with Crippen molar-refractivity contribution in [2.75, 3.05) is 26.2 Å². The molecule has 0 saturated carbocycles. The van der Waals surface area contributed by atoms with Gasteiger partial charge in [0.2, 0.25) is 15.9 Å². The molecule has 178 valence electrons. The van der Waals surface area contributed by atoms with Gasteiger partial charge in [0, 0.05) is 32.5 Å². The molecule has 0 spiro atoms. The molecule has 1 aromatic heterocycles. The number of amides is 1. The molecule has 0 radical (unpaired) electrons. The van der Waals surface area contributed by atoms with Crippen LogP contribution in [0.15, 0.2) is 53.4 Å². The molecule has 0 aliphatic rings. The van der Waals surface area contributed by atoms with Gasteiger partial charge in [0.25, 0.3) is 0 Å². The van der Waals surface area contributed by atoms with Crippen LogP contribution in [-0.2, 0) is 27.8 Å². The average molecular weight is 473 g/mol. The van der Waals surface area contributed by atoms with Gasteiger partial charge in [0.15, 0.2) is 0 Å². The van der Waals surface area contributed by atoms with Gasteiger partial charge in [-0.15, -0.1) is 0 Å². The smallest absolute Gasteiger partial charge is 0.243 e. The predicted octanol–water partition coefficient (Wildman–Crippen LogP) is 3.21. The number of nitrogens with one attached hydrogen (secondary N) is 1. The molecule has 8 nitrogen and oxygen atoms in total. The highest BCUT2D eigenvalue weighted by atomic mass is 32.2. The molecule has 1 N–H and O–H groups in total. The summed E-state index contributed by atoms with van der Waals surface area (Å²) >= 11 is 0. The number of rotatable bonds is 12. The van der Waals surface area contributed by atoms with Gasteiger partial charge in [-0.2, -0.15) is 4.31 Å². The lowest BCUT2D eigenvalue weighted by molar-refractivity contribution is -0.121. The molecular formula is C24H32N4O4S. The van der Waals surface area contributed by atoms with Gasteiger partial charge in [0.1, 0.15) is 18.2 Å². The molecule has 1 amide bonds. The van der Waals surface area contributed by atoms with E-state index in [0.29, 0.717) is 51.1 Å². The molecule has 0 unspecified atom stereocenters. The second-order valence-electron chi connectivity index (χ2n) is 7.52. The van der Waals surface area contributed by atoms with Crippen LogP contribution in [-0.4, -0.2) is 54.4 Å². The minimum absolute atomic E-state index is 0.0776. The Kier molecular flexibility index (Phi) is 8.46. The summed E-state index contributed by atoms with van der Waals surface area (Å²) < 4.78 is 34.8. The quantitative estimate of drug-likeness (QED) is 0.409. The van der Waals surface area contributed by atoms with E-state index in [2.05, 4.69) is 10.3 Å². The van der Waals surface area contributed by atoms with Crippen LogP contribution in [0, 0.1) is 0 Å². The van der Waals surface area contributed by atoms with E-state index < -0.39 is 10.0 Å². The van der Waals surface area contributed by atoms with Gasteiger partial charge in [-0.1, -0.05) is 32.0 Å². The number of benzene rings is 2. The number of carbonyl (C=O) groups is 1. The lowest BCUT2D eigenvalue weighted by Gasteiger charge is -2.18. The summed E-state index contributed by atoms with van der Waals surface area (Å²) in [5.41, 5.74) is 1.49. The molecule has 3 aromatic rings. The highest BCUT2D eigenvalue weighted by Gasteiger charge is 2.23. The molecular weight excluding hydrogens is 440 g/mol. The number of imidazole rings is 1. The van der Waals surface area contributed by atoms with E-state index >= 15 is 0 Å². The number of para-hydroxylation sites is 1. The van der Waals surface area contributed by atoms with Crippen molar-refractivity contribution in [3.63, 3.8) is 0 Å². The van der Waals surface area contributed by atoms with Crippen LogP contribution in [0.2, 0.25) is 0 Å². The fraction of sp³-hybridized carbons (Fsp3) is 0.417. The summed E-state index contributed by atoms with van der Waals surface area (Å²) in [6.07, 6.45) is 0.755. The molecule has 0 atom stereocenters. The average Bonchev–Trinajstić information content (AvgIpc) is 3.18. The maximum atomic E-state index is 12.9. The fourth-order valence-electron chi connectivity index (χ4n) is 3.77. The summed E-state index contributed by atoms with van der Waals surface area (Å²) in [7, 11) is -3.55. The molecule has 0 saturated heterocycles. The summed E-state index contributed by atoms with van der Waals surface area (Å²) in [6.45, 7) is 7.98. The van der Waals surface area contributed by atoms with Gasteiger partial charge in [0.05, 0.1) is 22.5 Å². The number of hydrogen-bond acceptors (Lipinski definition) is 5. The van der Waals surface area contributed by atoms with E-state index in [-0.39, 0.29) is 10.8 Å². The molecule has 9 heteroatoms. The predicted molar refractivity (Wildman–Crippen MR) is 129 cm³/mol. The number of carbonyl (C=O) groups excluding carboxylic acids is 1. The van der Waals surface area contributed by atoms with Crippen molar-refractivity contribution in [2.24, 2.45) is 0 Å². The van der Waals surface area contributed by atoms with E-state index in [4.69, 9.17) is 4.74 Å². The van der Waals surface area contributed by atoms with Crippen molar-refractivity contribution in [2.45, 2.75) is 45.1 Å². The largest absolute Gasteiger partial charge is 0.492 e. The van der Waals surface area contributed by atoms with Crippen LogP contribution in [0.4, 0.5) is 0 Å². The number of nitrogens with zero attached hydrogens (tertiary/aromatic N) is 3. The van der Waals surface area contributed by atoms with Crippen LogP contribution >= 0.6 is 0 Å². The van der Waals surface area contributed by atoms with Crippen molar-refractivity contribution >= 4 is 27.0 Å². The Labute approximate surface area is 195 Å². The first-order valence-electron chi connectivity index (χ1n) is 11.3. The van der Waals surface area contributed by atoms with Crippen molar-refractivity contribution < 1.29 is 17.9 Å². The number of ether oxygens (including phenoxy) is 1. The van der Waals surface area contributed by atoms with Gasteiger partial charge in [-0.25, -0.2) is 13.4 Å². The number of sulfonamides is 1. The third-order valence-electron chi connectivity index (χ3n) is 5.47. The number of fused-ring (bicyclic) bond motifs is 1. The summed E-state index contributed by atoms with van der Waals surface area (Å²) in [5, 5.41) is 2.86. The summed E-state index contributed by atoms with van der Waals surface area (Å²) in [4.78, 5) is 17.2. The maximum absolute atomic E-state index is 12.9. The Morgan fingerprint density at radius 1 is 1.09 bits per heavy atom. The third-order valence-corrected chi connectivity index (χ3v) is 7.52. The van der Waals surface area contributed by atoms with Crippen molar-refractivity contribution in [1.82, 2.24) is 19.2 Å². The minimum atomic E-state index is -3.55. The van der Waals surface area contributed by atoms with Crippen molar-refractivity contribution in [3.05, 3.63) is 54.4 Å². The highest BCUT2D eigenvalue weighted by molar-refractivity contribution is 7.89. The summed E-state index contributed by atoms with van der Waals surface area (Å²) in [5.74, 6) is 1.46. The highest BCUT2D eigenvalue weighted by Crippen LogP contribution is 2.23. The SMILES string of the molecule is CCN(CC)S(=O)(=O)c1ccc2c(c1)nc(CCC(=O)NCCOc1ccccc1)n2CC. The second kappa shape index (κ2) is 11.3. The zero-order valence-electron chi connectivity index (χ0n) is 19.5. The Balaban J connectivity index is 1.63. The van der Waals surface area contributed by atoms with Crippen LogP contribution < -0.4 is 10.1 Å². The first-order valence-corrected chi connectivity index (χ1v) is 12.8. The molecule has 2 aromatic carbocycles. The Bertz CT molecular complexity index is 1170. The first-order chi connectivity index (χ1) is 15.9. The number of hydrogen-bond donors (Lipinski definition) is 1. The molecule has 0 fully saturated rings. The third kappa shape index (κ3) is 5.91. The maximum Gasteiger partial charge on any atom is 0.243 e. The zero-order chi connectivity index (χ0) is 23.8. The van der Waals surface area contributed by atoms with Crippen molar-refractivity contribution in [3.8, 4) is 5.75 Å². The van der Waals surface area contributed by atoms with Gasteiger partial charge >= 0.3 is 0 Å². The number of aryl methyl sites for hydroxylation is 2. The van der Waals surface area contributed by atoms with Crippen LogP contribution in [0.25, 0.3) is 11.0 Å². The monoisotopic (exact) mass is 472 g/mol. The molecule has 0 bridgehead atoms. The minimum Gasteiger partial charge on any atom is -0.492 e. The van der Waals surface area contributed by atoms with E-state index in [1.54, 1.807) is 18.2 Å². The van der Waals surface area contributed by atoms with Gasteiger partial charge < -0.3 is 14.6 Å². The van der Waals surface area contributed by atoms with E-state index in [0.717, 1.165) is 17.1 Å². The van der Waals surface area contributed by atoms with Gasteiger partial charge in [-0.3, -0.25) is 4.79 Å². The first kappa shape index (κ1) is 24.7. The zero-order valence-corrected chi connectivity index (χ0v) is 20.3. The van der Waals surface area contributed by atoms with E-state index in [1.165, 1.54) is 4.31 Å². The number of aromatic nitrogens is 2.